The van der Waals surface area contributed by atoms with Crippen LogP contribution in [0.25, 0.3) is 0 Å². The Labute approximate surface area is 199 Å². The number of aliphatic imine (C=N–C) groups is 1. The minimum Gasteiger partial charge on any atom is -0.331 e. The average Bonchev–Trinajstić information content (AvgIpc) is 3.45. The molecule has 1 N–H and O–H groups in total. The van der Waals surface area contributed by atoms with Crippen molar-refractivity contribution in [2.24, 2.45) is 21.9 Å². The molecule has 1 atom stereocenters. The van der Waals surface area contributed by atoms with Gasteiger partial charge < -0.3 is 9.80 Å². The summed E-state index contributed by atoms with van der Waals surface area (Å²) in [5.41, 5.74) is 1.11. The van der Waals surface area contributed by atoms with Crippen LogP contribution in [0, 0.1) is 22.0 Å². The number of anilines is 1. The van der Waals surface area contributed by atoms with Gasteiger partial charge in [-0.3, -0.25) is 24.7 Å². The van der Waals surface area contributed by atoms with E-state index < -0.39 is 10.8 Å². The van der Waals surface area contributed by atoms with E-state index in [0.717, 1.165) is 32.7 Å². The molecule has 2 heterocycles. The Bertz CT molecular complexity index is 962. The molecule has 0 radical (unpaired) electrons. The first kappa shape index (κ1) is 24.0. The van der Waals surface area contributed by atoms with Crippen LogP contribution in [0.3, 0.4) is 0 Å². The van der Waals surface area contributed by atoms with Gasteiger partial charge in [-0.2, -0.15) is 10.1 Å². The van der Waals surface area contributed by atoms with Gasteiger partial charge in [0.05, 0.1) is 55.6 Å². The van der Waals surface area contributed by atoms with Crippen LogP contribution in [0.5, 0.6) is 0 Å². The van der Waals surface area contributed by atoms with Crippen LogP contribution in [0.15, 0.2) is 34.4 Å². The molecule has 3 aliphatic rings. The fourth-order valence-electron chi connectivity index (χ4n) is 4.97. The number of hydrogen-bond acceptors (Lipinski definition) is 6. The number of amides is 2. The van der Waals surface area contributed by atoms with E-state index in [9.17, 15) is 19.7 Å². The monoisotopic (exact) mass is 469 g/mol. The maximum Gasteiger partial charge on any atom is 0.269 e. The van der Waals surface area contributed by atoms with Crippen molar-refractivity contribution in [1.29, 1.82) is 0 Å². The van der Waals surface area contributed by atoms with E-state index in [-0.39, 0.29) is 11.6 Å². The van der Waals surface area contributed by atoms with E-state index in [2.05, 4.69) is 10.1 Å². The number of non-ortho nitro benzene ring substituents is 1. The molecule has 0 spiro atoms. The van der Waals surface area contributed by atoms with E-state index in [1.165, 1.54) is 59.9 Å². The number of nitro benzene ring substituents is 1. The second-order valence-electron chi connectivity index (χ2n) is 9.43. The molecule has 1 saturated heterocycles. The molecule has 2 aliphatic heterocycles. The van der Waals surface area contributed by atoms with Crippen LogP contribution >= 0.6 is 0 Å². The van der Waals surface area contributed by atoms with Crippen LogP contribution in [-0.2, 0) is 9.59 Å². The van der Waals surface area contributed by atoms with Crippen molar-refractivity contribution in [3.05, 3.63) is 34.4 Å². The summed E-state index contributed by atoms with van der Waals surface area (Å²) in [5, 5.41) is 16.4. The Morgan fingerprint density at radius 1 is 1.24 bits per heavy atom. The third kappa shape index (κ3) is 5.67. The van der Waals surface area contributed by atoms with E-state index in [4.69, 9.17) is 0 Å². The molecule has 0 bridgehead atoms. The third-order valence-electron chi connectivity index (χ3n) is 7.10. The largest absolute Gasteiger partial charge is 0.331 e. The van der Waals surface area contributed by atoms with Gasteiger partial charge in [0.2, 0.25) is 5.91 Å². The number of quaternary nitrogens is 1. The number of nitro groups is 1. The van der Waals surface area contributed by atoms with Crippen LogP contribution < -0.4 is 9.91 Å². The molecular formula is C24H33N6O4+. The van der Waals surface area contributed by atoms with Crippen molar-refractivity contribution in [3.8, 4) is 0 Å². The van der Waals surface area contributed by atoms with Gasteiger partial charge in [-0.15, -0.1) is 0 Å². The standard InChI is InChI=1S/C24H32N6O4/c1-18-22(24(32)29(26-18)20-6-8-21(9-7-20)30(33)34)17-25-10-11-27-12-14-28(15-13-27)23(31)16-19-4-2-3-5-19/h6-9,17,19,22H,2-5,10-16H2,1H3/p+1/t22-/m0/s1. The topological polar surface area (TPSA) is 113 Å². The molecule has 0 unspecified atom stereocenters. The zero-order chi connectivity index (χ0) is 24.1. The van der Waals surface area contributed by atoms with Crippen molar-refractivity contribution in [1.82, 2.24) is 4.90 Å². The molecule has 34 heavy (non-hydrogen) atoms. The molecule has 10 heteroatoms. The quantitative estimate of drug-likeness (QED) is 0.351. The molecule has 10 nitrogen and oxygen atoms in total. The third-order valence-corrected chi connectivity index (χ3v) is 7.10. The molecular weight excluding hydrogens is 436 g/mol. The Hall–Kier alpha value is -3.14. The second-order valence-corrected chi connectivity index (χ2v) is 9.43. The highest BCUT2D eigenvalue weighted by molar-refractivity contribution is 6.23. The number of carbonyl (C=O) groups excluding carboxylic acids is 2. The van der Waals surface area contributed by atoms with Gasteiger partial charge in [0.25, 0.3) is 11.6 Å². The zero-order valence-electron chi connectivity index (χ0n) is 19.7. The normalized spacial score (nSPS) is 22.1. The maximum atomic E-state index is 12.8. The van der Waals surface area contributed by atoms with E-state index in [0.29, 0.717) is 36.2 Å². The smallest absolute Gasteiger partial charge is 0.269 e. The Balaban J connectivity index is 1.20. The number of nitrogens with one attached hydrogen (secondary N) is 1. The molecule has 0 aromatic heterocycles. The molecule has 1 aromatic rings. The number of carbonyl (C=O) groups is 2. The second kappa shape index (κ2) is 10.9. The SMILES string of the molecule is CC1=NN(c2ccc([N+](=O)[O-])cc2)C(=O)[C@H]1C=NCC[NH+]1CCN(C(=O)CC2CCCC2)CC1. The number of hydrogen-bond donors (Lipinski definition) is 1. The van der Waals surface area contributed by atoms with Crippen molar-refractivity contribution in [2.75, 3.05) is 44.3 Å². The fourth-order valence-corrected chi connectivity index (χ4v) is 4.97. The van der Waals surface area contributed by atoms with Gasteiger partial charge in [0.1, 0.15) is 5.92 Å². The highest BCUT2D eigenvalue weighted by Crippen LogP contribution is 2.28. The Morgan fingerprint density at radius 2 is 1.91 bits per heavy atom. The predicted octanol–water partition coefficient (Wildman–Crippen LogP) is 1.31. The summed E-state index contributed by atoms with van der Waals surface area (Å²) in [5.74, 6) is 0.178. The summed E-state index contributed by atoms with van der Waals surface area (Å²) in [6.07, 6.45) is 7.31. The molecule has 2 fully saturated rings. The summed E-state index contributed by atoms with van der Waals surface area (Å²) < 4.78 is 0. The fraction of sp³-hybridized carbons (Fsp3) is 0.583. The number of hydrazone groups is 1. The molecule has 1 aliphatic carbocycles. The average molecular weight is 470 g/mol. The molecule has 1 saturated carbocycles. The van der Waals surface area contributed by atoms with E-state index in [1.54, 1.807) is 13.1 Å². The van der Waals surface area contributed by atoms with Crippen LogP contribution in [0.1, 0.15) is 39.0 Å². The first-order valence-electron chi connectivity index (χ1n) is 12.2. The first-order chi connectivity index (χ1) is 16.4. The van der Waals surface area contributed by atoms with Gasteiger partial charge >= 0.3 is 0 Å². The van der Waals surface area contributed by atoms with Crippen molar-refractivity contribution < 1.29 is 19.4 Å². The Kier molecular flexibility index (Phi) is 7.66. The van der Waals surface area contributed by atoms with Crippen molar-refractivity contribution in [2.45, 2.75) is 39.0 Å². The summed E-state index contributed by atoms with van der Waals surface area (Å²) in [7, 11) is 0. The lowest BCUT2D eigenvalue weighted by molar-refractivity contribution is -0.902. The predicted molar refractivity (Wildman–Crippen MR) is 129 cm³/mol. The van der Waals surface area contributed by atoms with Crippen molar-refractivity contribution in [3.63, 3.8) is 0 Å². The summed E-state index contributed by atoms with van der Waals surface area (Å²) >= 11 is 0. The van der Waals surface area contributed by atoms with Gasteiger partial charge in [-0.1, -0.05) is 12.8 Å². The van der Waals surface area contributed by atoms with E-state index in [1.807, 2.05) is 4.90 Å². The molecule has 2 amide bonds. The number of nitrogens with zero attached hydrogens (tertiary/aromatic N) is 5. The Morgan fingerprint density at radius 3 is 2.56 bits per heavy atom. The van der Waals surface area contributed by atoms with Crippen LogP contribution in [-0.4, -0.2) is 72.8 Å². The van der Waals surface area contributed by atoms with Gasteiger partial charge in [0.15, 0.2) is 0 Å². The number of rotatable bonds is 8. The lowest BCUT2D eigenvalue weighted by atomic mass is 10.0. The maximum absolute atomic E-state index is 12.8. The molecule has 4 rings (SSSR count). The zero-order valence-corrected chi connectivity index (χ0v) is 19.7. The van der Waals surface area contributed by atoms with Crippen molar-refractivity contribution >= 4 is 35.1 Å². The summed E-state index contributed by atoms with van der Waals surface area (Å²) in [4.78, 5) is 43.6. The highest BCUT2D eigenvalue weighted by atomic mass is 16.6. The number of piperazine rings is 1. The summed E-state index contributed by atoms with van der Waals surface area (Å²) in [6.45, 7) is 6.74. The van der Waals surface area contributed by atoms with Crippen LogP contribution in [0.4, 0.5) is 11.4 Å². The van der Waals surface area contributed by atoms with Gasteiger partial charge in [-0.05, 0) is 37.8 Å². The van der Waals surface area contributed by atoms with Crippen LogP contribution in [0.2, 0.25) is 0 Å². The lowest BCUT2D eigenvalue weighted by Crippen LogP contribution is -3.15. The van der Waals surface area contributed by atoms with E-state index >= 15 is 0 Å². The van der Waals surface area contributed by atoms with Gasteiger partial charge in [0, 0.05) is 24.8 Å². The highest BCUT2D eigenvalue weighted by Gasteiger charge is 2.33. The minimum absolute atomic E-state index is 0.0317. The molecule has 182 valence electrons. The molecule has 1 aromatic carbocycles. The lowest BCUT2D eigenvalue weighted by Gasteiger charge is -2.32. The summed E-state index contributed by atoms with van der Waals surface area (Å²) in [6, 6.07) is 5.76. The number of benzene rings is 1. The van der Waals surface area contributed by atoms with Gasteiger partial charge in [-0.25, -0.2) is 0 Å². The minimum atomic E-state index is -0.518. The first-order valence-corrected chi connectivity index (χ1v) is 12.2.